The Morgan fingerprint density at radius 3 is 2.40 bits per heavy atom. The Hall–Kier alpha value is -3.28. The SMILES string of the molecule is CCC(=O)C1=C(O)C(=O)N(c2ccc3c(c2)OCO3)C1c1ccc(C(C)(C)C)cc1. The molecule has 6 heteroatoms. The van der Waals surface area contributed by atoms with E-state index in [1.54, 1.807) is 25.1 Å². The number of anilines is 1. The third-order valence-corrected chi connectivity index (χ3v) is 5.56. The van der Waals surface area contributed by atoms with Gasteiger partial charge in [0.2, 0.25) is 6.79 Å². The van der Waals surface area contributed by atoms with Crippen molar-refractivity contribution in [3.8, 4) is 11.5 Å². The Bertz CT molecular complexity index is 1050. The summed E-state index contributed by atoms with van der Waals surface area (Å²) in [6.07, 6.45) is 0.193. The molecule has 2 aliphatic rings. The molecular formula is C24H25NO5. The highest BCUT2D eigenvalue weighted by molar-refractivity contribution is 6.16. The molecule has 1 atom stereocenters. The van der Waals surface area contributed by atoms with E-state index in [4.69, 9.17) is 9.47 Å². The average molecular weight is 407 g/mol. The number of hydrogen-bond acceptors (Lipinski definition) is 5. The molecule has 0 fully saturated rings. The van der Waals surface area contributed by atoms with E-state index in [1.165, 1.54) is 4.90 Å². The predicted molar refractivity (Wildman–Crippen MR) is 113 cm³/mol. The summed E-state index contributed by atoms with van der Waals surface area (Å²) in [5.41, 5.74) is 2.53. The molecule has 2 heterocycles. The van der Waals surface area contributed by atoms with Crippen LogP contribution in [0.25, 0.3) is 0 Å². The summed E-state index contributed by atoms with van der Waals surface area (Å²) in [7, 11) is 0. The van der Waals surface area contributed by atoms with Crippen LogP contribution in [-0.2, 0) is 15.0 Å². The third kappa shape index (κ3) is 3.22. The van der Waals surface area contributed by atoms with E-state index >= 15 is 0 Å². The van der Waals surface area contributed by atoms with Crippen LogP contribution < -0.4 is 14.4 Å². The molecule has 1 N–H and O–H groups in total. The van der Waals surface area contributed by atoms with Crippen molar-refractivity contribution < 1.29 is 24.2 Å². The largest absolute Gasteiger partial charge is 0.503 e. The first-order valence-corrected chi connectivity index (χ1v) is 10.0. The van der Waals surface area contributed by atoms with Gasteiger partial charge in [-0.25, -0.2) is 0 Å². The zero-order chi connectivity index (χ0) is 21.6. The van der Waals surface area contributed by atoms with Gasteiger partial charge in [0.1, 0.15) is 0 Å². The predicted octanol–water partition coefficient (Wildman–Crippen LogP) is 4.59. The summed E-state index contributed by atoms with van der Waals surface area (Å²) < 4.78 is 10.8. The molecule has 0 spiro atoms. The fourth-order valence-corrected chi connectivity index (χ4v) is 3.86. The minimum absolute atomic E-state index is 0.0267. The van der Waals surface area contributed by atoms with Crippen LogP contribution in [0.2, 0.25) is 0 Å². The minimum Gasteiger partial charge on any atom is -0.503 e. The number of ketones is 1. The number of Topliss-reactive ketones (excluding diaryl/α,β-unsaturated/α-hetero) is 1. The van der Waals surface area contributed by atoms with Gasteiger partial charge in [-0.1, -0.05) is 52.0 Å². The molecule has 0 bridgehead atoms. The summed E-state index contributed by atoms with van der Waals surface area (Å²) >= 11 is 0. The van der Waals surface area contributed by atoms with Gasteiger partial charge in [0, 0.05) is 18.2 Å². The second-order valence-corrected chi connectivity index (χ2v) is 8.53. The number of amides is 1. The Morgan fingerprint density at radius 2 is 1.77 bits per heavy atom. The van der Waals surface area contributed by atoms with Gasteiger partial charge in [0.05, 0.1) is 11.6 Å². The highest BCUT2D eigenvalue weighted by atomic mass is 16.7. The molecule has 156 valence electrons. The summed E-state index contributed by atoms with van der Waals surface area (Å²) in [5, 5.41) is 10.6. The smallest absolute Gasteiger partial charge is 0.294 e. The normalized spacial score (nSPS) is 18.3. The van der Waals surface area contributed by atoms with E-state index in [-0.39, 0.29) is 30.0 Å². The molecule has 6 nitrogen and oxygen atoms in total. The number of carbonyl (C=O) groups is 2. The highest BCUT2D eigenvalue weighted by Crippen LogP contribution is 2.44. The van der Waals surface area contributed by atoms with Gasteiger partial charge >= 0.3 is 0 Å². The Kier molecular flexibility index (Phi) is 4.80. The van der Waals surface area contributed by atoms with Crippen molar-refractivity contribution in [2.45, 2.75) is 45.6 Å². The van der Waals surface area contributed by atoms with Crippen LogP contribution in [0.4, 0.5) is 5.69 Å². The zero-order valence-corrected chi connectivity index (χ0v) is 17.6. The van der Waals surface area contributed by atoms with Crippen LogP contribution in [0.15, 0.2) is 53.8 Å². The number of nitrogens with zero attached hydrogens (tertiary/aromatic N) is 1. The molecule has 0 saturated carbocycles. The lowest BCUT2D eigenvalue weighted by Crippen LogP contribution is -2.31. The maximum Gasteiger partial charge on any atom is 0.294 e. The number of fused-ring (bicyclic) bond motifs is 1. The lowest BCUT2D eigenvalue weighted by Gasteiger charge is -2.28. The van der Waals surface area contributed by atoms with Gasteiger partial charge in [-0.15, -0.1) is 0 Å². The summed E-state index contributed by atoms with van der Waals surface area (Å²) in [6.45, 7) is 8.21. The third-order valence-electron chi connectivity index (χ3n) is 5.56. The van der Waals surface area contributed by atoms with Crippen LogP contribution in [0, 0.1) is 0 Å². The maximum absolute atomic E-state index is 13.0. The van der Waals surface area contributed by atoms with Crippen molar-refractivity contribution in [2.24, 2.45) is 0 Å². The van der Waals surface area contributed by atoms with E-state index in [0.29, 0.717) is 17.2 Å². The second kappa shape index (κ2) is 7.20. The quantitative estimate of drug-likeness (QED) is 0.802. The molecule has 0 saturated heterocycles. The fraction of sp³-hybridized carbons (Fsp3) is 0.333. The molecule has 2 aromatic rings. The van der Waals surface area contributed by atoms with Gasteiger partial charge in [-0.3, -0.25) is 14.5 Å². The van der Waals surface area contributed by atoms with Crippen molar-refractivity contribution in [1.29, 1.82) is 0 Å². The molecule has 30 heavy (non-hydrogen) atoms. The van der Waals surface area contributed by atoms with Gasteiger partial charge < -0.3 is 14.6 Å². The minimum atomic E-state index is -0.709. The van der Waals surface area contributed by atoms with E-state index in [2.05, 4.69) is 20.8 Å². The number of hydrogen-bond donors (Lipinski definition) is 1. The lowest BCUT2D eigenvalue weighted by molar-refractivity contribution is -0.118. The fourth-order valence-electron chi connectivity index (χ4n) is 3.86. The van der Waals surface area contributed by atoms with Crippen LogP contribution in [-0.4, -0.2) is 23.6 Å². The van der Waals surface area contributed by atoms with Crippen molar-refractivity contribution in [3.63, 3.8) is 0 Å². The Balaban J connectivity index is 1.83. The number of carbonyl (C=O) groups excluding carboxylic acids is 2. The van der Waals surface area contributed by atoms with Gasteiger partial charge in [-0.2, -0.15) is 0 Å². The number of aliphatic hydroxyl groups is 1. The first-order chi connectivity index (χ1) is 14.2. The van der Waals surface area contributed by atoms with Gasteiger partial charge in [0.25, 0.3) is 5.91 Å². The molecule has 2 aliphatic heterocycles. The molecular weight excluding hydrogens is 382 g/mol. The topological polar surface area (TPSA) is 76.1 Å². The Labute approximate surface area is 175 Å². The number of aliphatic hydroxyl groups excluding tert-OH is 1. The molecule has 0 aromatic heterocycles. The van der Waals surface area contributed by atoms with Crippen LogP contribution in [0.3, 0.4) is 0 Å². The lowest BCUT2D eigenvalue weighted by atomic mass is 9.85. The second-order valence-electron chi connectivity index (χ2n) is 8.53. The van der Waals surface area contributed by atoms with Gasteiger partial charge in [-0.05, 0) is 28.7 Å². The number of rotatable bonds is 4. The van der Waals surface area contributed by atoms with Crippen molar-refractivity contribution in [3.05, 3.63) is 64.9 Å². The van der Waals surface area contributed by atoms with Crippen LogP contribution in [0.5, 0.6) is 11.5 Å². The first-order valence-electron chi connectivity index (χ1n) is 10.0. The van der Waals surface area contributed by atoms with Gasteiger partial charge in [0.15, 0.2) is 23.0 Å². The zero-order valence-electron chi connectivity index (χ0n) is 17.6. The first kappa shape index (κ1) is 20.0. The molecule has 0 aliphatic carbocycles. The van der Waals surface area contributed by atoms with E-state index < -0.39 is 17.7 Å². The molecule has 2 aromatic carbocycles. The molecule has 4 rings (SSSR count). The van der Waals surface area contributed by atoms with Crippen molar-refractivity contribution >= 4 is 17.4 Å². The van der Waals surface area contributed by atoms with Crippen LogP contribution in [0.1, 0.15) is 51.3 Å². The standard InChI is InChI=1S/C24H25NO5/c1-5-17(26)20-21(14-6-8-15(9-7-14)24(2,3)4)25(23(28)22(20)27)16-10-11-18-19(12-16)30-13-29-18/h6-12,21,27H,5,13H2,1-4H3. The summed E-state index contributed by atoms with van der Waals surface area (Å²) in [4.78, 5) is 27.2. The highest BCUT2D eigenvalue weighted by Gasteiger charge is 2.44. The Morgan fingerprint density at radius 1 is 1.10 bits per heavy atom. The molecule has 1 unspecified atom stereocenters. The van der Waals surface area contributed by atoms with Crippen molar-refractivity contribution in [2.75, 3.05) is 11.7 Å². The maximum atomic E-state index is 13.0. The molecule has 1 amide bonds. The number of benzene rings is 2. The average Bonchev–Trinajstić information content (AvgIpc) is 3.29. The van der Waals surface area contributed by atoms with Crippen LogP contribution >= 0.6 is 0 Å². The van der Waals surface area contributed by atoms with Crippen molar-refractivity contribution in [1.82, 2.24) is 0 Å². The van der Waals surface area contributed by atoms with E-state index in [1.807, 2.05) is 24.3 Å². The van der Waals surface area contributed by atoms with E-state index in [9.17, 15) is 14.7 Å². The summed E-state index contributed by atoms with van der Waals surface area (Å²) in [6, 6.07) is 12.3. The molecule has 0 radical (unpaired) electrons. The monoisotopic (exact) mass is 407 g/mol. The van der Waals surface area contributed by atoms with E-state index in [0.717, 1.165) is 11.1 Å². The summed E-state index contributed by atoms with van der Waals surface area (Å²) in [5.74, 6) is -0.232. The number of ether oxygens (including phenoxy) is 2.